The fraction of sp³-hybridized carbons (Fsp3) is 0.438. The highest BCUT2D eigenvalue weighted by Crippen LogP contribution is 2.09. The molecule has 0 aromatic carbocycles. The minimum absolute atomic E-state index is 0. The molecule has 1 N–H and O–H groups in total. The van der Waals surface area contributed by atoms with Gasteiger partial charge in [-0.15, -0.1) is 35.3 Å². The highest BCUT2D eigenvalue weighted by molar-refractivity contribution is 14.0. The van der Waals surface area contributed by atoms with Gasteiger partial charge < -0.3 is 14.8 Å². The first-order valence-electron chi connectivity index (χ1n) is 7.31. The standard InChI is InChI=1S/C16H24N4S.HI/c1-4-17-16(18-12-14-7-9-19(2)13-14)20(3)10-8-15-6-5-11-21-15;/h5-7,9,11,13H,4,8,10,12H2,1-3H3,(H,17,18);1H. The van der Waals surface area contributed by atoms with Gasteiger partial charge in [-0.2, -0.15) is 0 Å². The molecule has 122 valence electrons. The highest BCUT2D eigenvalue weighted by atomic mass is 127. The maximum absolute atomic E-state index is 4.72. The normalized spacial score (nSPS) is 11.1. The van der Waals surface area contributed by atoms with Crippen molar-refractivity contribution in [3.8, 4) is 0 Å². The minimum atomic E-state index is 0. The van der Waals surface area contributed by atoms with E-state index in [0.717, 1.165) is 25.5 Å². The molecule has 0 radical (unpaired) electrons. The fourth-order valence-corrected chi connectivity index (χ4v) is 2.83. The van der Waals surface area contributed by atoms with E-state index in [-0.39, 0.29) is 24.0 Å². The Morgan fingerprint density at radius 1 is 1.41 bits per heavy atom. The second kappa shape index (κ2) is 9.89. The van der Waals surface area contributed by atoms with Gasteiger partial charge in [0, 0.05) is 44.5 Å². The molecule has 2 aromatic heterocycles. The van der Waals surface area contributed by atoms with Crippen LogP contribution in [0.4, 0.5) is 0 Å². The Kier molecular flexibility index (Phi) is 8.55. The topological polar surface area (TPSA) is 32.6 Å². The first-order valence-corrected chi connectivity index (χ1v) is 8.19. The van der Waals surface area contributed by atoms with Gasteiger partial charge in [0.25, 0.3) is 0 Å². The van der Waals surface area contributed by atoms with Crippen LogP contribution < -0.4 is 5.32 Å². The molecule has 0 fully saturated rings. The van der Waals surface area contributed by atoms with E-state index in [0.29, 0.717) is 6.54 Å². The zero-order valence-corrected chi connectivity index (χ0v) is 16.6. The largest absolute Gasteiger partial charge is 0.357 e. The Bertz CT molecular complexity index is 562. The Labute approximate surface area is 154 Å². The van der Waals surface area contributed by atoms with Crippen LogP contribution in [-0.2, 0) is 20.0 Å². The van der Waals surface area contributed by atoms with E-state index in [1.807, 2.05) is 18.4 Å². The van der Waals surface area contributed by atoms with E-state index >= 15 is 0 Å². The molecule has 0 unspecified atom stereocenters. The zero-order valence-electron chi connectivity index (χ0n) is 13.5. The van der Waals surface area contributed by atoms with Crippen molar-refractivity contribution < 1.29 is 0 Å². The smallest absolute Gasteiger partial charge is 0.193 e. The lowest BCUT2D eigenvalue weighted by molar-refractivity contribution is 0.486. The Morgan fingerprint density at radius 2 is 2.23 bits per heavy atom. The van der Waals surface area contributed by atoms with E-state index < -0.39 is 0 Å². The molecule has 4 nitrogen and oxygen atoms in total. The molecule has 0 aliphatic rings. The average Bonchev–Trinajstić information content (AvgIpc) is 3.12. The quantitative estimate of drug-likeness (QED) is 0.432. The van der Waals surface area contributed by atoms with E-state index in [4.69, 9.17) is 4.99 Å². The summed E-state index contributed by atoms with van der Waals surface area (Å²) in [6.45, 7) is 4.68. The summed E-state index contributed by atoms with van der Waals surface area (Å²) in [5, 5.41) is 5.49. The molecule has 0 atom stereocenters. The number of hydrogen-bond acceptors (Lipinski definition) is 2. The average molecular weight is 432 g/mol. The highest BCUT2D eigenvalue weighted by Gasteiger charge is 2.06. The predicted molar refractivity (Wildman–Crippen MR) is 106 cm³/mol. The summed E-state index contributed by atoms with van der Waals surface area (Å²) in [7, 11) is 4.13. The molecule has 0 amide bonds. The van der Waals surface area contributed by atoms with Crippen molar-refractivity contribution in [2.24, 2.45) is 12.0 Å². The van der Waals surface area contributed by atoms with Crippen molar-refractivity contribution in [2.75, 3.05) is 20.1 Å². The third-order valence-corrected chi connectivity index (χ3v) is 4.21. The Morgan fingerprint density at radius 3 is 2.82 bits per heavy atom. The summed E-state index contributed by atoms with van der Waals surface area (Å²) >= 11 is 1.81. The number of guanidine groups is 1. The maximum Gasteiger partial charge on any atom is 0.193 e. The van der Waals surface area contributed by atoms with Gasteiger partial charge in [0.1, 0.15) is 0 Å². The van der Waals surface area contributed by atoms with Gasteiger partial charge in [0.05, 0.1) is 6.54 Å². The monoisotopic (exact) mass is 432 g/mol. The van der Waals surface area contributed by atoms with Gasteiger partial charge in [-0.1, -0.05) is 6.07 Å². The molecular weight excluding hydrogens is 407 g/mol. The van der Waals surface area contributed by atoms with Crippen LogP contribution in [0.1, 0.15) is 17.4 Å². The number of thiophene rings is 1. The lowest BCUT2D eigenvalue weighted by Crippen LogP contribution is -2.39. The number of halogens is 1. The molecule has 2 rings (SSSR count). The molecule has 2 aromatic rings. The second-order valence-corrected chi connectivity index (χ2v) is 6.14. The number of aryl methyl sites for hydroxylation is 1. The van der Waals surface area contributed by atoms with E-state index in [1.165, 1.54) is 10.4 Å². The van der Waals surface area contributed by atoms with Crippen molar-refractivity contribution in [3.63, 3.8) is 0 Å². The van der Waals surface area contributed by atoms with Crippen LogP contribution in [0.25, 0.3) is 0 Å². The van der Waals surface area contributed by atoms with Crippen molar-refractivity contribution in [2.45, 2.75) is 19.9 Å². The summed E-state index contributed by atoms with van der Waals surface area (Å²) in [5.41, 5.74) is 1.24. The van der Waals surface area contributed by atoms with Gasteiger partial charge in [0.2, 0.25) is 0 Å². The Balaban J connectivity index is 0.00000242. The predicted octanol–water partition coefficient (Wildman–Crippen LogP) is 3.34. The number of nitrogens with zero attached hydrogens (tertiary/aromatic N) is 3. The molecular formula is C16H25IN4S. The van der Waals surface area contributed by atoms with Gasteiger partial charge in [-0.3, -0.25) is 0 Å². The number of aromatic nitrogens is 1. The van der Waals surface area contributed by atoms with Crippen LogP contribution >= 0.6 is 35.3 Å². The van der Waals surface area contributed by atoms with E-state index in [2.05, 4.69) is 64.7 Å². The van der Waals surface area contributed by atoms with Crippen molar-refractivity contribution in [3.05, 3.63) is 46.4 Å². The first-order chi connectivity index (χ1) is 10.2. The van der Waals surface area contributed by atoms with Crippen LogP contribution in [0.2, 0.25) is 0 Å². The molecule has 0 aliphatic carbocycles. The van der Waals surface area contributed by atoms with Crippen molar-refractivity contribution in [1.29, 1.82) is 0 Å². The fourth-order valence-electron chi connectivity index (χ4n) is 2.13. The number of rotatable bonds is 6. The second-order valence-electron chi connectivity index (χ2n) is 5.11. The maximum atomic E-state index is 4.72. The van der Waals surface area contributed by atoms with Gasteiger partial charge in [-0.05, 0) is 36.4 Å². The number of aliphatic imine (C=N–C) groups is 1. The minimum Gasteiger partial charge on any atom is -0.357 e. The number of likely N-dealkylation sites (N-methyl/N-ethyl adjacent to an activating group) is 1. The molecule has 2 heterocycles. The van der Waals surface area contributed by atoms with Crippen LogP contribution in [0.15, 0.2) is 41.0 Å². The summed E-state index contributed by atoms with van der Waals surface area (Å²) in [6.07, 6.45) is 5.22. The van der Waals surface area contributed by atoms with Crippen molar-refractivity contribution >= 4 is 41.3 Å². The van der Waals surface area contributed by atoms with Crippen molar-refractivity contribution in [1.82, 2.24) is 14.8 Å². The number of hydrogen-bond donors (Lipinski definition) is 1. The lowest BCUT2D eigenvalue weighted by atomic mass is 10.3. The van der Waals surface area contributed by atoms with E-state index in [1.54, 1.807) is 0 Å². The molecule has 0 bridgehead atoms. The van der Waals surface area contributed by atoms with Crippen LogP contribution in [-0.4, -0.2) is 35.6 Å². The molecule has 0 aliphatic heterocycles. The summed E-state index contributed by atoms with van der Waals surface area (Å²) < 4.78 is 2.05. The molecule has 0 saturated carbocycles. The van der Waals surface area contributed by atoms with E-state index in [9.17, 15) is 0 Å². The van der Waals surface area contributed by atoms with Crippen LogP contribution in [0, 0.1) is 0 Å². The van der Waals surface area contributed by atoms with Gasteiger partial charge in [-0.25, -0.2) is 4.99 Å². The summed E-state index contributed by atoms with van der Waals surface area (Å²) in [4.78, 5) is 8.34. The van der Waals surface area contributed by atoms with Gasteiger partial charge in [0.15, 0.2) is 5.96 Å². The SMILES string of the molecule is CCNC(=NCc1ccn(C)c1)N(C)CCc1cccs1.I. The first kappa shape index (κ1) is 19.0. The molecule has 6 heteroatoms. The van der Waals surface area contributed by atoms with Gasteiger partial charge >= 0.3 is 0 Å². The Hall–Kier alpha value is -1.02. The summed E-state index contributed by atoms with van der Waals surface area (Å²) in [6, 6.07) is 6.40. The zero-order chi connectivity index (χ0) is 15.1. The molecule has 0 spiro atoms. The molecule has 22 heavy (non-hydrogen) atoms. The number of nitrogens with one attached hydrogen (secondary N) is 1. The third kappa shape index (κ3) is 6.00. The summed E-state index contributed by atoms with van der Waals surface area (Å²) in [5.74, 6) is 0.970. The lowest BCUT2D eigenvalue weighted by Gasteiger charge is -2.21. The molecule has 0 saturated heterocycles. The van der Waals surface area contributed by atoms with Crippen LogP contribution in [0.5, 0.6) is 0 Å². The van der Waals surface area contributed by atoms with Crippen LogP contribution in [0.3, 0.4) is 0 Å². The third-order valence-electron chi connectivity index (χ3n) is 3.27.